The van der Waals surface area contributed by atoms with Crippen molar-refractivity contribution in [3.05, 3.63) is 10.0 Å². The molecule has 0 atom stereocenters. The summed E-state index contributed by atoms with van der Waals surface area (Å²) >= 11 is 8.52. The fraction of sp³-hybridized carbons (Fsp3) is 0.429. The summed E-state index contributed by atoms with van der Waals surface area (Å²) in [6.07, 6.45) is 0.723. The highest BCUT2D eigenvalue weighted by Gasteiger charge is 2.07. The topological polar surface area (TPSA) is 39.2 Å². The molecule has 1 heterocycles. The average molecular weight is 238 g/mol. The summed E-state index contributed by atoms with van der Waals surface area (Å²) in [6.45, 7) is 0.665. The molecule has 0 saturated carbocycles. The van der Waals surface area contributed by atoms with Crippen molar-refractivity contribution in [3.63, 3.8) is 0 Å². The van der Waals surface area contributed by atoms with Gasteiger partial charge in [0.05, 0.1) is 6.61 Å². The number of methoxy groups -OCH3 is 1. The SMILES string of the molecule is COCCSc1nc(Cl)c(C=O)s1. The van der Waals surface area contributed by atoms with Crippen molar-refractivity contribution in [1.29, 1.82) is 0 Å². The van der Waals surface area contributed by atoms with E-state index in [-0.39, 0.29) is 0 Å². The fourth-order valence-corrected chi connectivity index (χ4v) is 2.82. The number of aromatic nitrogens is 1. The van der Waals surface area contributed by atoms with E-state index in [0.29, 0.717) is 16.6 Å². The number of carbonyl (C=O) groups excluding carboxylic acids is 1. The van der Waals surface area contributed by atoms with Crippen LogP contribution >= 0.6 is 34.7 Å². The molecule has 0 amide bonds. The van der Waals surface area contributed by atoms with Gasteiger partial charge in [0, 0.05) is 12.9 Å². The maximum Gasteiger partial charge on any atom is 0.163 e. The van der Waals surface area contributed by atoms with E-state index in [1.165, 1.54) is 23.1 Å². The number of hydrogen-bond donors (Lipinski definition) is 0. The number of rotatable bonds is 5. The van der Waals surface area contributed by atoms with Crippen LogP contribution in [0.4, 0.5) is 0 Å². The molecule has 3 nitrogen and oxygen atoms in total. The van der Waals surface area contributed by atoms with Crippen molar-refractivity contribution in [3.8, 4) is 0 Å². The number of nitrogens with zero attached hydrogens (tertiary/aromatic N) is 1. The molecule has 72 valence electrons. The average Bonchev–Trinajstić information content (AvgIpc) is 2.47. The van der Waals surface area contributed by atoms with E-state index >= 15 is 0 Å². The number of aldehydes is 1. The molecule has 0 aliphatic carbocycles. The monoisotopic (exact) mass is 237 g/mol. The van der Waals surface area contributed by atoms with E-state index < -0.39 is 0 Å². The first-order valence-electron chi connectivity index (χ1n) is 3.51. The van der Waals surface area contributed by atoms with Crippen LogP contribution in [0, 0.1) is 0 Å². The first kappa shape index (κ1) is 11.0. The van der Waals surface area contributed by atoms with Gasteiger partial charge in [-0.15, -0.1) is 11.3 Å². The Balaban J connectivity index is 2.52. The quantitative estimate of drug-likeness (QED) is 0.448. The molecule has 0 aliphatic rings. The van der Waals surface area contributed by atoms with E-state index in [9.17, 15) is 4.79 Å². The molecule has 0 bridgehead atoms. The van der Waals surface area contributed by atoms with Crippen LogP contribution in [0.1, 0.15) is 9.67 Å². The smallest absolute Gasteiger partial charge is 0.163 e. The molecule has 0 aliphatic heterocycles. The normalized spacial score (nSPS) is 10.3. The fourth-order valence-electron chi connectivity index (χ4n) is 0.641. The molecule has 0 aromatic carbocycles. The van der Waals surface area contributed by atoms with Gasteiger partial charge >= 0.3 is 0 Å². The summed E-state index contributed by atoms with van der Waals surface area (Å²) in [5.41, 5.74) is 0. The lowest BCUT2D eigenvalue weighted by Crippen LogP contribution is -1.90. The van der Waals surface area contributed by atoms with Gasteiger partial charge in [-0.2, -0.15) is 0 Å². The van der Waals surface area contributed by atoms with Crippen molar-refractivity contribution >= 4 is 41.0 Å². The maximum atomic E-state index is 10.4. The largest absolute Gasteiger partial charge is 0.384 e. The van der Waals surface area contributed by atoms with Crippen LogP contribution in [0.15, 0.2) is 4.34 Å². The Morgan fingerprint density at radius 3 is 3.08 bits per heavy atom. The van der Waals surface area contributed by atoms with E-state index in [1.807, 2.05) is 0 Å². The second-order valence-corrected chi connectivity index (χ2v) is 4.82. The summed E-state index contributed by atoms with van der Waals surface area (Å²) in [5, 5.41) is 0.292. The number of thiazole rings is 1. The van der Waals surface area contributed by atoms with Gasteiger partial charge in [-0.05, 0) is 0 Å². The molecule has 0 saturated heterocycles. The van der Waals surface area contributed by atoms with Gasteiger partial charge in [-0.25, -0.2) is 4.98 Å². The van der Waals surface area contributed by atoms with Crippen LogP contribution in [0.5, 0.6) is 0 Å². The number of halogens is 1. The van der Waals surface area contributed by atoms with Crippen molar-refractivity contribution < 1.29 is 9.53 Å². The second-order valence-electron chi connectivity index (χ2n) is 2.09. The van der Waals surface area contributed by atoms with Crippen LogP contribution in [0.3, 0.4) is 0 Å². The summed E-state index contributed by atoms with van der Waals surface area (Å²) < 4.78 is 5.69. The zero-order valence-corrected chi connectivity index (χ0v) is 9.34. The predicted octanol–water partition coefficient (Wildman–Crippen LogP) is 2.35. The van der Waals surface area contributed by atoms with E-state index in [4.69, 9.17) is 16.3 Å². The lowest BCUT2D eigenvalue weighted by molar-refractivity contribution is 0.112. The third-order valence-electron chi connectivity index (χ3n) is 1.21. The molecule has 6 heteroatoms. The number of thioether (sulfide) groups is 1. The van der Waals surface area contributed by atoms with Gasteiger partial charge in [0.2, 0.25) is 0 Å². The second kappa shape index (κ2) is 5.59. The minimum atomic E-state index is 0.292. The molecule has 0 fully saturated rings. The van der Waals surface area contributed by atoms with E-state index in [2.05, 4.69) is 4.98 Å². The Hall–Kier alpha value is -0.100. The van der Waals surface area contributed by atoms with E-state index in [0.717, 1.165) is 16.4 Å². The Labute approximate surface area is 89.5 Å². The summed E-state index contributed by atoms with van der Waals surface area (Å²) in [5.74, 6) is 0.818. The molecular formula is C7H8ClNO2S2. The summed E-state index contributed by atoms with van der Waals surface area (Å²) in [4.78, 5) is 14.9. The molecular weight excluding hydrogens is 230 g/mol. The number of carbonyl (C=O) groups is 1. The van der Waals surface area contributed by atoms with Crippen LogP contribution in [-0.4, -0.2) is 30.7 Å². The first-order chi connectivity index (χ1) is 6.27. The zero-order chi connectivity index (χ0) is 9.68. The highest BCUT2D eigenvalue weighted by molar-refractivity contribution is 8.01. The van der Waals surface area contributed by atoms with Crippen LogP contribution in [-0.2, 0) is 4.74 Å². The summed E-state index contributed by atoms with van der Waals surface area (Å²) in [7, 11) is 1.65. The molecule has 0 N–H and O–H groups in total. The lowest BCUT2D eigenvalue weighted by atomic mass is 10.6. The van der Waals surface area contributed by atoms with Crippen molar-refractivity contribution in [1.82, 2.24) is 4.98 Å². The van der Waals surface area contributed by atoms with Crippen molar-refractivity contribution in [2.45, 2.75) is 4.34 Å². The Kier molecular flexibility index (Phi) is 4.72. The third kappa shape index (κ3) is 3.27. The van der Waals surface area contributed by atoms with Crippen molar-refractivity contribution in [2.24, 2.45) is 0 Å². The van der Waals surface area contributed by atoms with Gasteiger partial charge in [0.1, 0.15) is 4.88 Å². The predicted molar refractivity (Wildman–Crippen MR) is 55.1 cm³/mol. The molecule has 0 radical (unpaired) electrons. The lowest BCUT2D eigenvalue weighted by Gasteiger charge is -1.94. The van der Waals surface area contributed by atoms with Crippen LogP contribution < -0.4 is 0 Å². The van der Waals surface area contributed by atoms with Gasteiger partial charge in [0.15, 0.2) is 15.8 Å². The maximum absolute atomic E-state index is 10.4. The van der Waals surface area contributed by atoms with Gasteiger partial charge in [-0.3, -0.25) is 4.79 Å². The van der Waals surface area contributed by atoms with Crippen LogP contribution in [0.2, 0.25) is 5.15 Å². The van der Waals surface area contributed by atoms with Crippen LogP contribution in [0.25, 0.3) is 0 Å². The molecule has 0 spiro atoms. The first-order valence-corrected chi connectivity index (χ1v) is 5.69. The molecule has 1 aromatic rings. The zero-order valence-electron chi connectivity index (χ0n) is 6.95. The van der Waals surface area contributed by atoms with Crippen molar-refractivity contribution in [2.75, 3.05) is 19.5 Å². The van der Waals surface area contributed by atoms with E-state index in [1.54, 1.807) is 7.11 Å². The Bertz CT molecular complexity index is 290. The van der Waals surface area contributed by atoms with Gasteiger partial charge in [0.25, 0.3) is 0 Å². The number of hydrogen-bond acceptors (Lipinski definition) is 5. The third-order valence-corrected chi connectivity index (χ3v) is 3.70. The van der Waals surface area contributed by atoms with Gasteiger partial charge < -0.3 is 4.74 Å². The summed E-state index contributed by atoms with van der Waals surface area (Å²) in [6, 6.07) is 0. The minimum absolute atomic E-state index is 0.292. The Morgan fingerprint density at radius 1 is 1.77 bits per heavy atom. The Morgan fingerprint density at radius 2 is 2.54 bits per heavy atom. The highest BCUT2D eigenvalue weighted by atomic mass is 35.5. The highest BCUT2D eigenvalue weighted by Crippen LogP contribution is 2.28. The minimum Gasteiger partial charge on any atom is -0.384 e. The number of ether oxygens (including phenoxy) is 1. The molecule has 1 rings (SSSR count). The molecule has 0 unspecified atom stereocenters. The standard InChI is InChI=1S/C7H8ClNO2S2/c1-11-2-3-12-7-9-6(8)5(4-10)13-7/h4H,2-3H2,1H3. The molecule has 1 aromatic heterocycles. The molecule has 13 heavy (non-hydrogen) atoms. The van der Waals surface area contributed by atoms with Gasteiger partial charge in [-0.1, -0.05) is 23.4 Å².